The Bertz CT molecular complexity index is 282. The quantitative estimate of drug-likeness (QED) is 0.668. The van der Waals surface area contributed by atoms with Gasteiger partial charge in [-0.15, -0.1) is 0 Å². The molecular formula is C7H8F4N2O2. The second kappa shape index (κ2) is 4.03. The molecule has 8 heteroatoms. The molecule has 0 aromatic heterocycles. The van der Waals surface area contributed by atoms with Gasteiger partial charge in [-0.05, 0) is 0 Å². The molecule has 1 N–H and O–H groups in total. The van der Waals surface area contributed by atoms with Gasteiger partial charge in [0, 0.05) is 13.1 Å². The normalized spacial score (nSPS) is 17.9. The topological polar surface area (TPSA) is 49.4 Å². The Kier molecular flexibility index (Phi) is 3.15. The van der Waals surface area contributed by atoms with Crippen LogP contribution in [0.4, 0.5) is 17.6 Å². The van der Waals surface area contributed by atoms with Crippen LogP contribution in [-0.2, 0) is 9.59 Å². The molecule has 0 unspecified atom stereocenters. The second-order valence-corrected chi connectivity index (χ2v) is 3.00. The van der Waals surface area contributed by atoms with Crippen molar-refractivity contribution in [1.29, 1.82) is 0 Å². The Morgan fingerprint density at radius 1 is 1.47 bits per heavy atom. The third-order valence-electron chi connectivity index (χ3n) is 1.88. The lowest BCUT2D eigenvalue weighted by molar-refractivity contribution is -0.181. The van der Waals surface area contributed by atoms with Gasteiger partial charge in [-0.1, -0.05) is 0 Å². The molecule has 1 fully saturated rings. The first-order valence-electron chi connectivity index (χ1n) is 4.07. The number of piperazine rings is 1. The number of hydrogen-bond acceptors (Lipinski definition) is 2. The highest BCUT2D eigenvalue weighted by molar-refractivity contribution is 5.89. The van der Waals surface area contributed by atoms with E-state index in [-0.39, 0.29) is 13.1 Å². The molecule has 0 saturated carbocycles. The number of amides is 2. The summed E-state index contributed by atoms with van der Waals surface area (Å²) >= 11 is 0. The van der Waals surface area contributed by atoms with E-state index in [0.29, 0.717) is 4.90 Å². The predicted molar refractivity (Wildman–Crippen MR) is 40.5 cm³/mol. The summed E-state index contributed by atoms with van der Waals surface area (Å²) in [4.78, 5) is 22.1. The number of rotatable bonds is 2. The fourth-order valence-corrected chi connectivity index (χ4v) is 1.12. The summed E-state index contributed by atoms with van der Waals surface area (Å²) in [5.74, 6) is -7.37. The van der Waals surface area contributed by atoms with Crippen molar-refractivity contribution in [3.63, 3.8) is 0 Å². The Labute approximate surface area is 82.2 Å². The molecule has 1 aliphatic heterocycles. The molecule has 15 heavy (non-hydrogen) atoms. The zero-order valence-electron chi connectivity index (χ0n) is 7.47. The first-order chi connectivity index (χ1) is 6.85. The largest absolute Gasteiger partial charge is 0.383 e. The van der Waals surface area contributed by atoms with E-state index in [4.69, 9.17) is 0 Å². The summed E-state index contributed by atoms with van der Waals surface area (Å²) in [5.41, 5.74) is 0. The zero-order chi connectivity index (χ0) is 11.6. The van der Waals surface area contributed by atoms with Crippen molar-refractivity contribution in [3.8, 4) is 0 Å². The molecule has 0 atom stereocenters. The highest BCUT2D eigenvalue weighted by Gasteiger charge is 2.51. The summed E-state index contributed by atoms with van der Waals surface area (Å²) in [7, 11) is 0. The van der Waals surface area contributed by atoms with Crippen molar-refractivity contribution >= 4 is 11.8 Å². The van der Waals surface area contributed by atoms with Gasteiger partial charge >= 0.3 is 12.3 Å². The summed E-state index contributed by atoms with van der Waals surface area (Å²) in [6.45, 7) is -0.808. The van der Waals surface area contributed by atoms with Gasteiger partial charge in [-0.3, -0.25) is 9.59 Å². The zero-order valence-corrected chi connectivity index (χ0v) is 7.47. The molecular weight excluding hydrogens is 220 g/mol. The number of carbonyl (C=O) groups excluding carboxylic acids is 2. The standard InChI is InChI=1S/C7H8F4N2O2/c8-5(9)7(10,11)6(15)13-2-1-12-4(14)3-13/h5H,1-3H2,(H,12,14). The minimum Gasteiger partial charge on any atom is -0.353 e. The van der Waals surface area contributed by atoms with Crippen molar-refractivity contribution in [2.75, 3.05) is 19.6 Å². The number of alkyl halides is 4. The van der Waals surface area contributed by atoms with Crippen molar-refractivity contribution in [1.82, 2.24) is 10.2 Å². The molecule has 1 heterocycles. The van der Waals surface area contributed by atoms with Crippen LogP contribution >= 0.6 is 0 Å². The van der Waals surface area contributed by atoms with Gasteiger partial charge in [0.25, 0.3) is 5.91 Å². The molecule has 0 spiro atoms. The highest BCUT2D eigenvalue weighted by atomic mass is 19.3. The van der Waals surface area contributed by atoms with Crippen LogP contribution in [0.2, 0.25) is 0 Å². The third-order valence-corrected chi connectivity index (χ3v) is 1.88. The third kappa shape index (κ3) is 2.37. The van der Waals surface area contributed by atoms with Crippen LogP contribution in [0.1, 0.15) is 0 Å². The van der Waals surface area contributed by atoms with Gasteiger partial charge in [0.2, 0.25) is 5.91 Å². The molecule has 0 bridgehead atoms. The molecule has 1 rings (SSSR count). The first-order valence-corrected chi connectivity index (χ1v) is 4.07. The molecule has 0 aromatic carbocycles. The van der Waals surface area contributed by atoms with Crippen LogP contribution in [-0.4, -0.2) is 48.7 Å². The van der Waals surface area contributed by atoms with Gasteiger partial charge in [0.1, 0.15) is 0 Å². The molecule has 1 saturated heterocycles. The van der Waals surface area contributed by atoms with Gasteiger partial charge in [-0.25, -0.2) is 8.78 Å². The molecule has 2 amide bonds. The van der Waals surface area contributed by atoms with Crippen LogP contribution < -0.4 is 5.32 Å². The number of carbonyl (C=O) groups is 2. The minimum absolute atomic E-state index is 0.0100. The van der Waals surface area contributed by atoms with Crippen molar-refractivity contribution < 1.29 is 27.2 Å². The van der Waals surface area contributed by atoms with Crippen molar-refractivity contribution in [2.24, 2.45) is 0 Å². The average Bonchev–Trinajstić information content (AvgIpc) is 2.16. The van der Waals surface area contributed by atoms with Gasteiger partial charge < -0.3 is 10.2 Å². The SMILES string of the molecule is O=C1CN(C(=O)C(F)(F)C(F)F)CCN1. The van der Waals surface area contributed by atoms with Crippen molar-refractivity contribution in [3.05, 3.63) is 0 Å². The highest BCUT2D eigenvalue weighted by Crippen LogP contribution is 2.25. The van der Waals surface area contributed by atoms with Gasteiger partial charge in [0.15, 0.2) is 0 Å². The van der Waals surface area contributed by atoms with E-state index in [1.807, 2.05) is 0 Å². The fourth-order valence-electron chi connectivity index (χ4n) is 1.12. The Hall–Kier alpha value is -1.34. The first kappa shape index (κ1) is 11.7. The van der Waals surface area contributed by atoms with Crippen molar-refractivity contribution in [2.45, 2.75) is 12.3 Å². The summed E-state index contributed by atoms with van der Waals surface area (Å²) in [5, 5.41) is 2.28. The summed E-state index contributed by atoms with van der Waals surface area (Å²) < 4.78 is 48.8. The average molecular weight is 228 g/mol. The van der Waals surface area contributed by atoms with E-state index in [9.17, 15) is 27.2 Å². The van der Waals surface area contributed by atoms with E-state index >= 15 is 0 Å². The molecule has 0 aliphatic carbocycles. The molecule has 1 aliphatic rings. The van der Waals surface area contributed by atoms with Crippen LogP contribution in [0.5, 0.6) is 0 Å². The van der Waals surface area contributed by atoms with E-state index in [1.54, 1.807) is 0 Å². The Morgan fingerprint density at radius 3 is 2.53 bits per heavy atom. The number of nitrogens with zero attached hydrogens (tertiary/aromatic N) is 1. The minimum atomic E-state index is -4.72. The second-order valence-electron chi connectivity index (χ2n) is 3.00. The Morgan fingerprint density at radius 2 is 2.07 bits per heavy atom. The smallest absolute Gasteiger partial charge is 0.353 e. The van der Waals surface area contributed by atoms with E-state index < -0.39 is 30.7 Å². The molecule has 0 radical (unpaired) electrons. The maximum atomic E-state index is 12.6. The number of hydrogen-bond donors (Lipinski definition) is 1. The number of nitrogens with one attached hydrogen (secondary N) is 1. The van der Waals surface area contributed by atoms with E-state index in [1.165, 1.54) is 0 Å². The van der Waals surface area contributed by atoms with Crippen LogP contribution in [0.25, 0.3) is 0 Å². The van der Waals surface area contributed by atoms with E-state index in [2.05, 4.69) is 5.32 Å². The summed E-state index contributed by atoms with van der Waals surface area (Å²) in [6, 6.07) is 0. The lowest BCUT2D eigenvalue weighted by Gasteiger charge is -2.29. The maximum Gasteiger partial charge on any atom is 0.383 e. The lowest BCUT2D eigenvalue weighted by Crippen LogP contribution is -2.56. The molecule has 4 nitrogen and oxygen atoms in total. The molecule has 0 aromatic rings. The maximum absolute atomic E-state index is 12.6. The van der Waals surface area contributed by atoms with Crippen LogP contribution in [0.15, 0.2) is 0 Å². The lowest BCUT2D eigenvalue weighted by atomic mass is 10.2. The summed E-state index contributed by atoms with van der Waals surface area (Å²) in [6.07, 6.45) is -4.06. The van der Waals surface area contributed by atoms with Gasteiger partial charge in [-0.2, -0.15) is 8.78 Å². The monoisotopic (exact) mass is 228 g/mol. The molecule has 86 valence electrons. The van der Waals surface area contributed by atoms with Gasteiger partial charge in [0.05, 0.1) is 6.54 Å². The van der Waals surface area contributed by atoms with Crippen LogP contribution in [0, 0.1) is 0 Å². The van der Waals surface area contributed by atoms with Crippen LogP contribution in [0.3, 0.4) is 0 Å². The fraction of sp³-hybridized carbons (Fsp3) is 0.714. The Balaban J connectivity index is 2.71. The number of halogens is 4. The van der Waals surface area contributed by atoms with E-state index in [0.717, 1.165) is 0 Å². The predicted octanol–water partition coefficient (Wildman–Crippen LogP) is -0.155.